The van der Waals surface area contributed by atoms with Gasteiger partial charge in [-0.25, -0.2) is 18.1 Å². The van der Waals surface area contributed by atoms with Crippen molar-refractivity contribution < 1.29 is 13.2 Å². The number of hydrogen-bond donors (Lipinski definition) is 1. The molecule has 1 aromatic rings. The highest BCUT2D eigenvalue weighted by atomic mass is 32.2. The van der Waals surface area contributed by atoms with Gasteiger partial charge in [0.2, 0.25) is 0 Å². The minimum absolute atomic E-state index is 0.0821. The summed E-state index contributed by atoms with van der Waals surface area (Å²) in [5.74, 6) is 0.249. The number of carbonyl (C=O) groups is 1. The summed E-state index contributed by atoms with van der Waals surface area (Å²) in [5.41, 5.74) is 5.66. The van der Waals surface area contributed by atoms with Crippen LogP contribution in [0.15, 0.2) is 6.33 Å². The van der Waals surface area contributed by atoms with E-state index >= 15 is 0 Å². The lowest BCUT2D eigenvalue weighted by atomic mass is 10.1. The lowest BCUT2D eigenvalue weighted by Gasteiger charge is -2.09. The number of hydrogen-bond acceptors (Lipinski definition) is 6. The Morgan fingerprint density at radius 3 is 2.78 bits per heavy atom. The van der Waals surface area contributed by atoms with Crippen LogP contribution < -0.4 is 5.73 Å². The van der Waals surface area contributed by atoms with Gasteiger partial charge in [-0.15, -0.1) is 0 Å². The van der Waals surface area contributed by atoms with E-state index < -0.39 is 15.9 Å². The molecule has 7 nitrogen and oxygen atoms in total. The van der Waals surface area contributed by atoms with Crippen LogP contribution in [0.5, 0.6) is 0 Å². The van der Waals surface area contributed by atoms with E-state index in [1.807, 2.05) is 6.92 Å². The minimum Gasteiger partial charge on any atom is -0.321 e. The van der Waals surface area contributed by atoms with Gasteiger partial charge >= 0.3 is 0 Å². The molecule has 0 saturated carbocycles. The molecule has 2 N–H and O–H groups in total. The fraction of sp³-hybridized carbons (Fsp3) is 0.700. The highest BCUT2D eigenvalue weighted by molar-refractivity contribution is 7.90. The van der Waals surface area contributed by atoms with Crippen molar-refractivity contribution >= 4 is 15.6 Å². The van der Waals surface area contributed by atoms with Crippen molar-refractivity contribution in [1.29, 1.82) is 0 Å². The van der Waals surface area contributed by atoms with Crippen LogP contribution in [-0.2, 0) is 27.6 Å². The summed E-state index contributed by atoms with van der Waals surface area (Å²) >= 11 is 0. The van der Waals surface area contributed by atoms with Gasteiger partial charge in [0.15, 0.2) is 5.78 Å². The zero-order valence-corrected chi connectivity index (χ0v) is 11.4. The van der Waals surface area contributed by atoms with E-state index in [0.29, 0.717) is 12.4 Å². The van der Waals surface area contributed by atoms with E-state index in [0.717, 1.165) is 6.26 Å². The normalized spacial score (nSPS) is 13.5. The van der Waals surface area contributed by atoms with E-state index in [1.165, 1.54) is 6.33 Å². The molecule has 0 spiro atoms. The Morgan fingerprint density at radius 1 is 1.56 bits per heavy atom. The number of Topliss-reactive ketones (excluding diaryl/α,β-unsaturated/α-hetero) is 1. The molecular formula is C10H18N4O3S. The highest BCUT2D eigenvalue weighted by Gasteiger charge is 2.18. The Kier molecular flexibility index (Phi) is 4.97. The maximum absolute atomic E-state index is 11.8. The van der Waals surface area contributed by atoms with Crippen LogP contribution in [0.25, 0.3) is 0 Å². The largest absolute Gasteiger partial charge is 0.321 e. The molecule has 0 aromatic carbocycles. The molecule has 0 fully saturated rings. The van der Waals surface area contributed by atoms with E-state index in [2.05, 4.69) is 10.1 Å². The monoisotopic (exact) mass is 274 g/mol. The Morgan fingerprint density at radius 2 is 2.22 bits per heavy atom. The van der Waals surface area contributed by atoms with Crippen molar-refractivity contribution in [3.05, 3.63) is 12.2 Å². The number of carbonyl (C=O) groups excluding carboxylic acids is 1. The van der Waals surface area contributed by atoms with Crippen molar-refractivity contribution in [2.75, 3.05) is 12.0 Å². The van der Waals surface area contributed by atoms with E-state index in [4.69, 9.17) is 5.73 Å². The van der Waals surface area contributed by atoms with Gasteiger partial charge in [-0.2, -0.15) is 5.10 Å². The van der Waals surface area contributed by atoms with Crippen molar-refractivity contribution in [1.82, 2.24) is 14.8 Å². The van der Waals surface area contributed by atoms with Gasteiger partial charge in [0.1, 0.15) is 22.0 Å². The van der Waals surface area contributed by atoms with Crippen molar-refractivity contribution in [2.45, 2.75) is 32.4 Å². The van der Waals surface area contributed by atoms with Crippen LogP contribution in [0.2, 0.25) is 0 Å². The first-order valence-electron chi connectivity index (χ1n) is 5.66. The van der Waals surface area contributed by atoms with Gasteiger partial charge in [-0.05, 0) is 13.3 Å². The smallest absolute Gasteiger partial charge is 0.157 e. The summed E-state index contributed by atoms with van der Waals surface area (Å²) < 4.78 is 23.6. The van der Waals surface area contributed by atoms with E-state index in [-0.39, 0.29) is 24.4 Å². The molecule has 1 heterocycles. The van der Waals surface area contributed by atoms with Gasteiger partial charge in [-0.3, -0.25) is 4.79 Å². The third-order valence-corrected chi connectivity index (χ3v) is 3.52. The topological polar surface area (TPSA) is 108 Å². The molecule has 0 saturated heterocycles. The summed E-state index contributed by atoms with van der Waals surface area (Å²) in [6.45, 7) is 2.52. The summed E-state index contributed by atoms with van der Waals surface area (Å²) in [6.07, 6.45) is 2.72. The molecule has 1 rings (SSSR count). The van der Waals surface area contributed by atoms with Crippen molar-refractivity contribution in [2.24, 2.45) is 5.73 Å². The van der Waals surface area contributed by atoms with Crippen molar-refractivity contribution in [3.63, 3.8) is 0 Å². The standard InChI is InChI=1S/C10H18N4O3S/c1-3-14-10(12-7-13-14)6-9(15)8(11)4-5-18(2,16)17/h7-8H,3-6,11H2,1-2H3. The summed E-state index contributed by atoms with van der Waals surface area (Å²) in [7, 11) is -3.09. The zero-order chi connectivity index (χ0) is 13.8. The molecule has 1 atom stereocenters. The average Bonchev–Trinajstić information content (AvgIpc) is 2.72. The lowest BCUT2D eigenvalue weighted by Crippen LogP contribution is -2.34. The van der Waals surface area contributed by atoms with Crippen LogP contribution in [0.4, 0.5) is 0 Å². The zero-order valence-electron chi connectivity index (χ0n) is 10.5. The first-order valence-corrected chi connectivity index (χ1v) is 7.72. The number of nitrogens with zero attached hydrogens (tertiary/aromatic N) is 3. The molecule has 102 valence electrons. The van der Waals surface area contributed by atoms with Gasteiger partial charge < -0.3 is 5.73 Å². The maximum atomic E-state index is 11.8. The molecule has 1 aromatic heterocycles. The number of aryl methyl sites for hydroxylation is 1. The van der Waals surface area contributed by atoms with E-state index in [1.54, 1.807) is 4.68 Å². The Bertz CT molecular complexity index is 509. The number of ketones is 1. The van der Waals surface area contributed by atoms with Gasteiger partial charge in [0, 0.05) is 12.8 Å². The number of nitrogens with two attached hydrogens (primary N) is 1. The predicted octanol–water partition coefficient (Wildman–Crippen LogP) is -0.828. The molecule has 0 aliphatic heterocycles. The molecule has 0 aliphatic carbocycles. The summed E-state index contributed by atoms with van der Waals surface area (Å²) in [5, 5.41) is 3.95. The van der Waals surface area contributed by atoms with Crippen molar-refractivity contribution in [3.8, 4) is 0 Å². The third kappa shape index (κ3) is 4.53. The predicted molar refractivity (Wildman–Crippen MR) is 66.7 cm³/mol. The van der Waals surface area contributed by atoms with Crippen LogP contribution in [0.3, 0.4) is 0 Å². The van der Waals surface area contributed by atoms with Gasteiger partial charge in [-0.1, -0.05) is 0 Å². The highest BCUT2D eigenvalue weighted by Crippen LogP contribution is 2.02. The Balaban J connectivity index is 2.55. The number of sulfone groups is 1. The average molecular weight is 274 g/mol. The SMILES string of the molecule is CCn1ncnc1CC(=O)C(N)CCS(C)(=O)=O. The fourth-order valence-electron chi connectivity index (χ4n) is 1.48. The first-order chi connectivity index (χ1) is 8.33. The van der Waals surface area contributed by atoms with Gasteiger partial charge in [0.05, 0.1) is 18.2 Å². The first kappa shape index (κ1) is 14.8. The lowest BCUT2D eigenvalue weighted by molar-refractivity contribution is -0.119. The van der Waals surface area contributed by atoms with Gasteiger partial charge in [0.25, 0.3) is 0 Å². The quantitative estimate of drug-likeness (QED) is 0.695. The number of rotatable bonds is 7. The second kappa shape index (κ2) is 6.05. The maximum Gasteiger partial charge on any atom is 0.157 e. The van der Waals surface area contributed by atoms with Crippen LogP contribution in [0.1, 0.15) is 19.2 Å². The molecule has 18 heavy (non-hydrogen) atoms. The molecule has 8 heteroatoms. The van der Waals surface area contributed by atoms with Crippen LogP contribution >= 0.6 is 0 Å². The molecule has 1 unspecified atom stereocenters. The third-order valence-electron chi connectivity index (χ3n) is 2.54. The number of aromatic nitrogens is 3. The van der Waals surface area contributed by atoms with Crippen LogP contribution in [0, 0.1) is 0 Å². The second-order valence-corrected chi connectivity index (χ2v) is 6.42. The summed E-state index contributed by atoms with van der Waals surface area (Å²) in [4.78, 5) is 15.8. The van der Waals surface area contributed by atoms with E-state index in [9.17, 15) is 13.2 Å². The van der Waals surface area contributed by atoms with Crippen LogP contribution in [-0.4, -0.2) is 47.0 Å². The molecule has 0 bridgehead atoms. The molecular weight excluding hydrogens is 256 g/mol. The Labute approximate surface area is 106 Å². The molecule has 0 amide bonds. The minimum atomic E-state index is -3.09. The molecule has 0 radical (unpaired) electrons. The second-order valence-electron chi connectivity index (χ2n) is 4.16. The Hall–Kier alpha value is -1.28. The summed E-state index contributed by atoms with van der Waals surface area (Å²) in [6, 6.07) is -0.776. The molecule has 0 aliphatic rings. The fourth-order valence-corrected chi connectivity index (χ4v) is 2.16.